The first-order valence-corrected chi connectivity index (χ1v) is 9.80. The number of nitrogens with zero attached hydrogens (tertiary/aromatic N) is 3. The molecule has 0 aliphatic carbocycles. The highest BCUT2D eigenvalue weighted by Gasteiger charge is 2.22. The molecule has 0 spiro atoms. The van der Waals surface area contributed by atoms with Crippen molar-refractivity contribution in [3.05, 3.63) is 33.6 Å². The van der Waals surface area contributed by atoms with E-state index in [4.69, 9.17) is 4.74 Å². The quantitative estimate of drug-likeness (QED) is 0.572. The Bertz CT molecular complexity index is 865. The molecule has 2 heterocycles. The van der Waals surface area contributed by atoms with Crippen molar-refractivity contribution in [3.63, 3.8) is 0 Å². The standard InChI is InChI=1S/C19H26N4O3S/c1-7-23-12(5)14(16(13(23)6)18(25)26-8-2)9-10-15(24)20-19-22-21-17(27-19)11(3)4/h9-11H,7-8H2,1-6H3,(H,20,22,24)/b10-9-. The van der Waals surface area contributed by atoms with Crippen LogP contribution in [0.2, 0.25) is 0 Å². The van der Waals surface area contributed by atoms with Crippen LogP contribution in [0.25, 0.3) is 6.08 Å². The Morgan fingerprint density at radius 1 is 1.22 bits per heavy atom. The van der Waals surface area contributed by atoms with Gasteiger partial charge in [0, 0.05) is 35.5 Å². The average molecular weight is 391 g/mol. The highest BCUT2D eigenvalue weighted by Crippen LogP contribution is 2.25. The average Bonchev–Trinajstić information content (AvgIpc) is 3.16. The number of rotatable bonds is 7. The molecule has 0 unspecified atom stereocenters. The van der Waals surface area contributed by atoms with Crippen LogP contribution < -0.4 is 5.32 Å². The number of ether oxygens (including phenoxy) is 1. The van der Waals surface area contributed by atoms with Crippen molar-refractivity contribution >= 4 is 34.4 Å². The first kappa shape index (κ1) is 20.8. The van der Waals surface area contributed by atoms with E-state index in [0.717, 1.165) is 22.9 Å². The molecule has 27 heavy (non-hydrogen) atoms. The number of carbonyl (C=O) groups is 2. The minimum Gasteiger partial charge on any atom is -0.462 e. The number of hydrogen-bond donors (Lipinski definition) is 1. The summed E-state index contributed by atoms with van der Waals surface area (Å²) in [4.78, 5) is 24.6. The maximum Gasteiger partial charge on any atom is 0.340 e. The van der Waals surface area contributed by atoms with Crippen molar-refractivity contribution in [2.24, 2.45) is 0 Å². The Morgan fingerprint density at radius 3 is 2.48 bits per heavy atom. The molecule has 0 saturated carbocycles. The molecule has 0 fully saturated rings. The summed E-state index contributed by atoms with van der Waals surface area (Å²) >= 11 is 1.35. The molecular formula is C19H26N4O3S. The van der Waals surface area contributed by atoms with E-state index in [1.807, 2.05) is 39.2 Å². The third kappa shape index (κ3) is 4.63. The topological polar surface area (TPSA) is 86.1 Å². The van der Waals surface area contributed by atoms with E-state index in [9.17, 15) is 9.59 Å². The third-order valence-corrected chi connectivity index (χ3v) is 5.33. The molecule has 8 heteroatoms. The molecule has 0 bridgehead atoms. The van der Waals surface area contributed by atoms with Gasteiger partial charge < -0.3 is 9.30 Å². The summed E-state index contributed by atoms with van der Waals surface area (Å²) < 4.78 is 7.22. The number of anilines is 1. The summed E-state index contributed by atoms with van der Waals surface area (Å²) in [5.41, 5.74) is 2.95. The normalized spacial score (nSPS) is 11.4. The molecule has 0 aliphatic rings. The van der Waals surface area contributed by atoms with Gasteiger partial charge in [-0.2, -0.15) is 0 Å². The molecule has 1 N–H and O–H groups in total. The Kier molecular flexibility index (Phi) is 6.90. The van der Waals surface area contributed by atoms with E-state index in [2.05, 4.69) is 15.5 Å². The Morgan fingerprint density at radius 2 is 1.93 bits per heavy atom. The molecule has 0 aromatic carbocycles. The second-order valence-corrected chi connectivity index (χ2v) is 7.36. The van der Waals surface area contributed by atoms with Crippen LogP contribution in [-0.4, -0.2) is 33.2 Å². The van der Waals surface area contributed by atoms with Crippen LogP contribution in [0.3, 0.4) is 0 Å². The maximum atomic E-state index is 12.4. The summed E-state index contributed by atoms with van der Waals surface area (Å²) in [6.07, 6.45) is 3.06. The molecule has 2 aromatic heterocycles. The van der Waals surface area contributed by atoms with Crippen LogP contribution in [0.5, 0.6) is 0 Å². The lowest BCUT2D eigenvalue weighted by atomic mass is 10.1. The highest BCUT2D eigenvalue weighted by molar-refractivity contribution is 7.15. The lowest BCUT2D eigenvalue weighted by Gasteiger charge is -2.05. The fourth-order valence-electron chi connectivity index (χ4n) is 2.87. The van der Waals surface area contributed by atoms with Crippen LogP contribution in [0.1, 0.15) is 65.9 Å². The molecule has 0 atom stereocenters. The van der Waals surface area contributed by atoms with Crippen LogP contribution in [0.4, 0.5) is 5.13 Å². The van der Waals surface area contributed by atoms with Gasteiger partial charge in [-0.05, 0) is 33.8 Å². The van der Waals surface area contributed by atoms with Gasteiger partial charge in [0.15, 0.2) is 0 Å². The molecule has 1 amide bonds. The highest BCUT2D eigenvalue weighted by atomic mass is 32.1. The van der Waals surface area contributed by atoms with Gasteiger partial charge in [-0.15, -0.1) is 10.2 Å². The number of hydrogen-bond acceptors (Lipinski definition) is 6. The fourth-order valence-corrected chi connectivity index (χ4v) is 3.62. The van der Waals surface area contributed by atoms with Crippen molar-refractivity contribution in [2.75, 3.05) is 11.9 Å². The van der Waals surface area contributed by atoms with Crippen molar-refractivity contribution in [3.8, 4) is 0 Å². The zero-order valence-electron chi connectivity index (χ0n) is 16.6. The van der Waals surface area contributed by atoms with Crippen molar-refractivity contribution in [1.82, 2.24) is 14.8 Å². The summed E-state index contributed by atoms with van der Waals surface area (Å²) in [5, 5.41) is 12.1. The predicted molar refractivity (Wildman–Crippen MR) is 107 cm³/mol. The summed E-state index contributed by atoms with van der Waals surface area (Å²) in [6, 6.07) is 0. The van der Waals surface area contributed by atoms with E-state index in [1.54, 1.807) is 13.0 Å². The molecule has 0 aliphatic heterocycles. The SMILES string of the molecule is CCOC(=O)c1c(/C=C\C(=O)Nc2nnc(C(C)C)s2)c(C)n(CC)c1C. The lowest BCUT2D eigenvalue weighted by Crippen LogP contribution is -2.09. The number of amides is 1. The second-order valence-electron chi connectivity index (χ2n) is 6.35. The largest absolute Gasteiger partial charge is 0.462 e. The molecule has 146 valence electrons. The third-order valence-electron chi connectivity index (χ3n) is 4.19. The summed E-state index contributed by atoms with van der Waals surface area (Å²) in [5.74, 6) is -0.441. The second kappa shape index (κ2) is 8.94. The zero-order chi connectivity index (χ0) is 20.1. The zero-order valence-corrected chi connectivity index (χ0v) is 17.4. The van der Waals surface area contributed by atoms with Crippen LogP contribution in [-0.2, 0) is 16.1 Å². The Hall–Kier alpha value is -2.48. The summed E-state index contributed by atoms with van der Waals surface area (Å²) in [7, 11) is 0. The van der Waals surface area contributed by atoms with Crippen LogP contribution in [0, 0.1) is 13.8 Å². The first-order valence-electron chi connectivity index (χ1n) is 8.99. The number of carbonyl (C=O) groups excluding carboxylic acids is 2. The minimum atomic E-state index is -0.379. The van der Waals surface area contributed by atoms with Gasteiger partial charge in [0.05, 0.1) is 12.2 Å². The first-order chi connectivity index (χ1) is 12.8. The van der Waals surface area contributed by atoms with Crippen molar-refractivity contribution in [1.29, 1.82) is 0 Å². The van der Waals surface area contributed by atoms with Crippen LogP contribution in [0.15, 0.2) is 6.08 Å². The van der Waals surface area contributed by atoms with Gasteiger partial charge in [-0.1, -0.05) is 25.2 Å². The van der Waals surface area contributed by atoms with Gasteiger partial charge in [0.1, 0.15) is 5.01 Å². The van der Waals surface area contributed by atoms with E-state index < -0.39 is 0 Å². The Labute approximate surface area is 163 Å². The van der Waals surface area contributed by atoms with E-state index in [1.165, 1.54) is 17.4 Å². The van der Waals surface area contributed by atoms with Crippen LogP contribution >= 0.6 is 11.3 Å². The van der Waals surface area contributed by atoms with Gasteiger partial charge >= 0.3 is 5.97 Å². The summed E-state index contributed by atoms with van der Waals surface area (Å²) in [6.45, 7) is 12.7. The molecule has 0 saturated heterocycles. The minimum absolute atomic E-state index is 0.260. The number of nitrogens with one attached hydrogen (secondary N) is 1. The van der Waals surface area contributed by atoms with E-state index >= 15 is 0 Å². The van der Waals surface area contributed by atoms with Crippen molar-refractivity contribution < 1.29 is 14.3 Å². The maximum absolute atomic E-state index is 12.4. The molecule has 0 radical (unpaired) electrons. The van der Waals surface area contributed by atoms with E-state index in [-0.39, 0.29) is 17.8 Å². The Balaban J connectivity index is 2.26. The number of aromatic nitrogens is 3. The molecule has 2 rings (SSSR count). The van der Waals surface area contributed by atoms with E-state index in [0.29, 0.717) is 22.9 Å². The van der Waals surface area contributed by atoms with Gasteiger partial charge in [0.2, 0.25) is 11.0 Å². The fraction of sp³-hybridized carbons (Fsp3) is 0.474. The predicted octanol–water partition coefficient (Wildman–Crippen LogP) is 3.93. The van der Waals surface area contributed by atoms with Gasteiger partial charge in [-0.25, -0.2) is 4.79 Å². The molecule has 2 aromatic rings. The van der Waals surface area contributed by atoms with Gasteiger partial charge in [0.25, 0.3) is 0 Å². The van der Waals surface area contributed by atoms with Gasteiger partial charge in [-0.3, -0.25) is 10.1 Å². The molecule has 7 nitrogen and oxygen atoms in total. The number of esters is 1. The lowest BCUT2D eigenvalue weighted by molar-refractivity contribution is -0.111. The smallest absolute Gasteiger partial charge is 0.340 e. The van der Waals surface area contributed by atoms with Crippen molar-refractivity contribution in [2.45, 2.75) is 54.0 Å². The monoisotopic (exact) mass is 390 g/mol. The molecular weight excluding hydrogens is 364 g/mol.